The van der Waals surface area contributed by atoms with Gasteiger partial charge in [-0.3, -0.25) is 24.1 Å². The van der Waals surface area contributed by atoms with Crippen LogP contribution in [0.15, 0.2) is 48.5 Å². The van der Waals surface area contributed by atoms with Gasteiger partial charge >= 0.3 is 5.97 Å². The number of para-hydroxylation sites is 2. The number of carbonyl (C=O) groups excluding carboxylic acids is 4. The van der Waals surface area contributed by atoms with E-state index in [4.69, 9.17) is 25.7 Å². The van der Waals surface area contributed by atoms with E-state index in [-0.39, 0.29) is 35.2 Å². The molecule has 0 saturated carbocycles. The number of carbonyl (C=O) groups is 4. The number of aromatic nitrogens is 1. The molecule has 0 fully saturated rings. The van der Waals surface area contributed by atoms with Gasteiger partial charge in [-0.05, 0) is 62.1 Å². The fraction of sp³-hybridized carbons (Fsp3) is 0.296. The molecule has 40 heavy (non-hydrogen) atoms. The molecule has 3 amide bonds. The number of anilines is 2. The number of hydrogen-bond acceptors (Lipinski definition) is 10. The molecular formula is C27H31N5O7S. The van der Waals surface area contributed by atoms with Crippen molar-refractivity contribution < 1.29 is 33.4 Å². The monoisotopic (exact) mass is 569 g/mol. The van der Waals surface area contributed by atoms with Crippen LogP contribution in [0.3, 0.4) is 0 Å². The van der Waals surface area contributed by atoms with E-state index < -0.39 is 36.3 Å². The summed E-state index contributed by atoms with van der Waals surface area (Å²) in [4.78, 5) is 52.9. The van der Waals surface area contributed by atoms with E-state index in [2.05, 4.69) is 9.69 Å². The standard InChI is InChI=1S/C27H31N5O7S/c1-4-37-17-13-11-16(12-14-17)23(26(35)30-15-20(33)39-6-3)32(18-9-7-8-10-19(18)38-5-2)27(36)24-21(28)22(25(29)34)31-40-24/h7-14,23H,4-6,15,28H2,1-3H3,(H2,29,34)(H,30,35). The van der Waals surface area contributed by atoms with Crippen molar-refractivity contribution in [3.8, 4) is 11.5 Å². The predicted octanol–water partition coefficient (Wildman–Crippen LogP) is 2.69. The molecule has 2 aromatic carbocycles. The van der Waals surface area contributed by atoms with Crippen molar-refractivity contribution >= 4 is 46.6 Å². The van der Waals surface area contributed by atoms with E-state index in [1.165, 1.54) is 4.90 Å². The summed E-state index contributed by atoms with van der Waals surface area (Å²) in [5.41, 5.74) is 11.6. The molecular weight excluding hydrogens is 538 g/mol. The lowest BCUT2D eigenvalue weighted by molar-refractivity contribution is -0.143. The van der Waals surface area contributed by atoms with Gasteiger partial charge in [0.15, 0.2) is 5.69 Å². The summed E-state index contributed by atoms with van der Waals surface area (Å²) in [6.45, 7) is 5.68. The Morgan fingerprint density at radius 3 is 2.25 bits per heavy atom. The van der Waals surface area contributed by atoms with Crippen LogP contribution in [0.2, 0.25) is 0 Å². The van der Waals surface area contributed by atoms with Gasteiger partial charge in [0.2, 0.25) is 5.91 Å². The van der Waals surface area contributed by atoms with Crippen molar-refractivity contribution in [3.63, 3.8) is 0 Å². The zero-order chi connectivity index (χ0) is 29.2. The van der Waals surface area contributed by atoms with Gasteiger partial charge in [0, 0.05) is 0 Å². The number of esters is 1. The maximum atomic E-state index is 14.2. The molecule has 3 rings (SSSR count). The van der Waals surface area contributed by atoms with Gasteiger partial charge in [-0.25, -0.2) is 0 Å². The quantitative estimate of drug-likeness (QED) is 0.261. The average molecular weight is 570 g/mol. The van der Waals surface area contributed by atoms with Crippen LogP contribution in [0.4, 0.5) is 11.4 Å². The van der Waals surface area contributed by atoms with Crippen LogP contribution >= 0.6 is 11.5 Å². The highest BCUT2D eigenvalue weighted by molar-refractivity contribution is 7.09. The van der Waals surface area contributed by atoms with Crippen LogP contribution in [0.25, 0.3) is 0 Å². The molecule has 0 aliphatic heterocycles. The first-order valence-corrected chi connectivity index (χ1v) is 13.3. The molecule has 212 valence electrons. The highest BCUT2D eigenvalue weighted by Gasteiger charge is 2.37. The number of nitrogens with one attached hydrogen (secondary N) is 1. The molecule has 3 aromatic rings. The topological polar surface area (TPSA) is 176 Å². The second-order valence-electron chi connectivity index (χ2n) is 8.14. The molecule has 1 heterocycles. The summed E-state index contributed by atoms with van der Waals surface area (Å²) in [7, 11) is 0. The fourth-order valence-corrected chi connectivity index (χ4v) is 4.58. The number of nitrogen functional groups attached to an aromatic ring is 1. The number of nitrogens with two attached hydrogens (primary N) is 2. The first kappa shape index (κ1) is 29.9. The number of benzene rings is 2. The van der Waals surface area contributed by atoms with E-state index in [0.29, 0.717) is 35.2 Å². The van der Waals surface area contributed by atoms with Crippen LogP contribution in [-0.2, 0) is 14.3 Å². The molecule has 1 unspecified atom stereocenters. The predicted molar refractivity (Wildman–Crippen MR) is 149 cm³/mol. The summed E-state index contributed by atoms with van der Waals surface area (Å²) in [6, 6.07) is 11.9. The van der Waals surface area contributed by atoms with Gasteiger partial charge in [0.1, 0.15) is 29.0 Å². The van der Waals surface area contributed by atoms with Gasteiger partial charge in [-0.1, -0.05) is 24.3 Å². The third-order valence-electron chi connectivity index (χ3n) is 5.52. The molecule has 1 aromatic heterocycles. The molecule has 0 radical (unpaired) electrons. The number of rotatable bonds is 13. The Morgan fingerprint density at radius 2 is 1.65 bits per heavy atom. The molecule has 0 bridgehead atoms. The number of ether oxygens (including phenoxy) is 3. The summed E-state index contributed by atoms with van der Waals surface area (Å²) >= 11 is 0.679. The normalized spacial score (nSPS) is 11.3. The van der Waals surface area contributed by atoms with Gasteiger partial charge < -0.3 is 31.0 Å². The molecule has 0 spiro atoms. The van der Waals surface area contributed by atoms with E-state index in [0.717, 1.165) is 0 Å². The molecule has 0 aliphatic rings. The number of primary amides is 1. The van der Waals surface area contributed by atoms with Crippen molar-refractivity contribution in [2.75, 3.05) is 37.0 Å². The maximum absolute atomic E-state index is 14.2. The summed E-state index contributed by atoms with van der Waals surface area (Å²) in [5.74, 6) is -2.10. The Morgan fingerprint density at radius 1 is 0.975 bits per heavy atom. The summed E-state index contributed by atoms with van der Waals surface area (Å²) in [5, 5.41) is 2.55. The molecule has 0 aliphatic carbocycles. The number of nitrogens with zero attached hydrogens (tertiary/aromatic N) is 2. The number of amides is 3. The van der Waals surface area contributed by atoms with Crippen LogP contribution in [-0.4, -0.2) is 54.4 Å². The van der Waals surface area contributed by atoms with Gasteiger partial charge in [0.25, 0.3) is 11.8 Å². The highest BCUT2D eigenvalue weighted by Crippen LogP contribution is 2.38. The molecule has 0 saturated heterocycles. The maximum Gasteiger partial charge on any atom is 0.325 e. The van der Waals surface area contributed by atoms with Crippen LogP contribution < -0.4 is 31.2 Å². The smallest absolute Gasteiger partial charge is 0.325 e. The van der Waals surface area contributed by atoms with Crippen LogP contribution in [0, 0.1) is 0 Å². The average Bonchev–Trinajstić information content (AvgIpc) is 3.33. The Kier molecular flexibility index (Phi) is 10.4. The van der Waals surface area contributed by atoms with E-state index in [1.807, 2.05) is 6.92 Å². The fourth-order valence-electron chi connectivity index (χ4n) is 3.84. The second-order valence-corrected chi connectivity index (χ2v) is 8.91. The Hall–Kier alpha value is -4.65. The largest absolute Gasteiger partial charge is 0.494 e. The van der Waals surface area contributed by atoms with Crippen molar-refractivity contribution in [1.82, 2.24) is 9.69 Å². The number of hydrogen-bond donors (Lipinski definition) is 3. The van der Waals surface area contributed by atoms with Crippen molar-refractivity contribution in [2.45, 2.75) is 26.8 Å². The minimum absolute atomic E-state index is 0.103. The molecule has 1 atom stereocenters. The van der Waals surface area contributed by atoms with Crippen LogP contribution in [0.1, 0.15) is 52.5 Å². The second kappa shape index (κ2) is 13.9. The molecule has 5 N–H and O–H groups in total. The van der Waals surface area contributed by atoms with Crippen molar-refractivity contribution in [2.24, 2.45) is 5.73 Å². The van der Waals surface area contributed by atoms with Crippen molar-refractivity contribution in [1.29, 1.82) is 0 Å². The Labute approximate surface area is 235 Å². The Bertz CT molecular complexity index is 1360. The van der Waals surface area contributed by atoms with Gasteiger partial charge in [-0.15, -0.1) is 0 Å². The third kappa shape index (κ3) is 6.86. The van der Waals surface area contributed by atoms with E-state index >= 15 is 0 Å². The lowest BCUT2D eigenvalue weighted by atomic mass is 10.0. The molecule has 13 heteroatoms. The lowest BCUT2D eigenvalue weighted by Gasteiger charge is -2.32. The summed E-state index contributed by atoms with van der Waals surface area (Å²) in [6.07, 6.45) is 0. The molecule has 12 nitrogen and oxygen atoms in total. The summed E-state index contributed by atoms with van der Waals surface area (Å²) < 4.78 is 20.2. The van der Waals surface area contributed by atoms with Crippen molar-refractivity contribution in [3.05, 3.63) is 64.7 Å². The van der Waals surface area contributed by atoms with Crippen LogP contribution in [0.5, 0.6) is 11.5 Å². The first-order valence-electron chi connectivity index (χ1n) is 12.5. The third-order valence-corrected chi connectivity index (χ3v) is 6.38. The lowest BCUT2D eigenvalue weighted by Crippen LogP contribution is -2.45. The first-order chi connectivity index (χ1) is 19.2. The highest BCUT2D eigenvalue weighted by atomic mass is 32.1. The Balaban J connectivity index is 2.21. The van der Waals surface area contributed by atoms with Gasteiger partial charge in [-0.2, -0.15) is 4.37 Å². The minimum Gasteiger partial charge on any atom is -0.494 e. The zero-order valence-corrected chi connectivity index (χ0v) is 23.2. The van der Waals surface area contributed by atoms with Gasteiger partial charge in [0.05, 0.1) is 31.2 Å². The minimum atomic E-state index is -1.32. The van der Waals surface area contributed by atoms with E-state index in [1.54, 1.807) is 62.4 Å². The van der Waals surface area contributed by atoms with E-state index in [9.17, 15) is 19.2 Å². The zero-order valence-electron chi connectivity index (χ0n) is 22.3. The SMILES string of the molecule is CCOC(=O)CNC(=O)C(c1ccc(OCC)cc1)N(C(=O)c1snc(C(N)=O)c1N)c1ccccc1OCC.